The maximum absolute atomic E-state index is 12.3. The Morgan fingerprint density at radius 1 is 1.06 bits per heavy atom. The maximum Gasteiger partial charge on any atom is 0.410 e. The van der Waals surface area contributed by atoms with Gasteiger partial charge in [-0.05, 0) is 51.5 Å². The average Bonchev–Trinajstić information content (AvgIpc) is 3.12. The molecule has 2 amide bonds. The van der Waals surface area contributed by atoms with Crippen molar-refractivity contribution < 1.29 is 14.3 Å². The Kier molecular flexibility index (Phi) is 5.50. The molecule has 2 aromatic heterocycles. The summed E-state index contributed by atoms with van der Waals surface area (Å²) in [5.74, 6) is -0.586. The van der Waals surface area contributed by atoms with E-state index < -0.39 is 11.5 Å². The second-order valence-corrected chi connectivity index (χ2v) is 8.94. The molecule has 9 nitrogen and oxygen atoms in total. The number of carbonyl (C=O) groups excluding carboxylic acids is 2. The number of primary amides is 1. The van der Waals surface area contributed by atoms with Crippen LogP contribution in [0.4, 0.5) is 10.5 Å². The largest absolute Gasteiger partial charge is 0.444 e. The van der Waals surface area contributed by atoms with Crippen molar-refractivity contribution in [2.45, 2.75) is 33.3 Å². The Morgan fingerprint density at radius 3 is 2.31 bits per heavy atom. The SMILES string of the molecule is Cc1cnc2cc(-c3ccc(N4CCN(C(=O)OC(C)(C)C)CC4)cc3)c(C(N)=O)nn12. The Labute approximate surface area is 186 Å². The van der Waals surface area contributed by atoms with E-state index >= 15 is 0 Å². The monoisotopic (exact) mass is 436 g/mol. The van der Waals surface area contributed by atoms with Gasteiger partial charge in [0.15, 0.2) is 11.3 Å². The number of fused-ring (bicyclic) bond motifs is 1. The van der Waals surface area contributed by atoms with Crippen molar-refractivity contribution in [3.05, 3.63) is 47.9 Å². The molecule has 1 aliphatic rings. The molecule has 3 aromatic rings. The third kappa shape index (κ3) is 4.37. The highest BCUT2D eigenvalue weighted by Gasteiger charge is 2.26. The summed E-state index contributed by atoms with van der Waals surface area (Å²) in [7, 11) is 0. The molecule has 2 N–H and O–H groups in total. The number of piperazine rings is 1. The van der Waals surface area contributed by atoms with E-state index in [-0.39, 0.29) is 11.8 Å². The van der Waals surface area contributed by atoms with E-state index in [0.29, 0.717) is 37.4 Å². The number of benzene rings is 1. The molecule has 1 aromatic carbocycles. The van der Waals surface area contributed by atoms with E-state index in [1.54, 1.807) is 15.6 Å². The second kappa shape index (κ2) is 8.14. The van der Waals surface area contributed by atoms with Gasteiger partial charge in [0.2, 0.25) is 0 Å². The first-order chi connectivity index (χ1) is 15.1. The zero-order chi connectivity index (χ0) is 23.0. The zero-order valence-electron chi connectivity index (χ0n) is 18.8. The van der Waals surface area contributed by atoms with Crippen LogP contribution in [0.5, 0.6) is 0 Å². The molecule has 3 heterocycles. The molecule has 0 atom stereocenters. The number of aromatic nitrogens is 3. The fraction of sp³-hybridized carbons (Fsp3) is 0.391. The van der Waals surface area contributed by atoms with Gasteiger partial charge in [0, 0.05) is 37.4 Å². The lowest BCUT2D eigenvalue weighted by Gasteiger charge is -2.36. The minimum Gasteiger partial charge on any atom is -0.444 e. The van der Waals surface area contributed by atoms with E-state index in [9.17, 15) is 9.59 Å². The first-order valence-electron chi connectivity index (χ1n) is 10.6. The summed E-state index contributed by atoms with van der Waals surface area (Å²) in [4.78, 5) is 32.6. The summed E-state index contributed by atoms with van der Waals surface area (Å²) in [5, 5.41) is 4.39. The van der Waals surface area contributed by atoms with Crippen molar-refractivity contribution in [2.24, 2.45) is 5.73 Å². The van der Waals surface area contributed by atoms with Crippen LogP contribution in [-0.4, -0.2) is 63.3 Å². The summed E-state index contributed by atoms with van der Waals surface area (Å²) in [5.41, 5.74) is 9.32. The highest BCUT2D eigenvalue weighted by molar-refractivity contribution is 5.98. The summed E-state index contributed by atoms with van der Waals surface area (Å²) < 4.78 is 7.08. The van der Waals surface area contributed by atoms with Crippen molar-refractivity contribution in [1.29, 1.82) is 0 Å². The highest BCUT2D eigenvalue weighted by Crippen LogP contribution is 2.27. The molecular formula is C23H28N6O3. The van der Waals surface area contributed by atoms with E-state index in [0.717, 1.165) is 16.9 Å². The van der Waals surface area contributed by atoms with E-state index in [1.807, 2.05) is 58.0 Å². The Morgan fingerprint density at radius 2 is 1.72 bits per heavy atom. The van der Waals surface area contributed by atoms with Crippen molar-refractivity contribution in [1.82, 2.24) is 19.5 Å². The summed E-state index contributed by atoms with van der Waals surface area (Å²) in [6.07, 6.45) is 1.43. The molecule has 0 spiro atoms. The number of carbonyl (C=O) groups is 2. The molecule has 0 bridgehead atoms. The number of rotatable bonds is 3. The molecule has 1 saturated heterocycles. The molecule has 168 valence electrons. The Bertz CT molecular complexity index is 1150. The summed E-state index contributed by atoms with van der Waals surface area (Å²) >= 11 is 0. The first-order valence-corrected chi connectivity index (χ1v) is 10.6. The molecule has 1 fully saturated rings. The van der Waals surface area contributed by atoms with Crippen LogP contribution in [0.15, 0.2) is 36.5 Å². The van der Waals surface area contributed by atoms with E-state index in [1.165, 1.54) is 0 Å². The van der Waals surface area contributed by atoms with Crippen LogP contribution < -0.4 is 10.6 Å². The first kappa shape index (κ1) is 21.6. The number of imidazole rings is 1. The van der Waals surface area contributed by atoms with Crippen LogP contribution >= 0.6 is 0 Å². The lowest BCUT2D eigenvalue weighted by atomic mass is 10.0. The fourth-order valence-corrected chi connectivity index (χ4v) is 3.76. The second-order valence-electron chi connectivity index (χ2n) is 8.94. The minimum absolute atomic E-state index is 0.206. The van der Waals surface area contributed by atoms with Crippen LogP contribution in [0.1, 0.15) is 37.0 Å². The number of anilines is 1. The van der Waals surface area contributed by atoms with Crippen LogP contribution in [0.2, 0.25) is 0 Å². The summed E-state index contributed by atoms with van der Waals surface area (Å²) in [6.45, 7) is 10.1. The number of hydrogen-bond donors (Lipinski definition) is 1. The molecule has 1 aliphatic heterocycles. The topological polar surface area (TPSA) is 106 Å². The van der Waals surface area contributed by atoms with Crippen LogP contribution in [0, 0.1) is 6.92 Å². The zero-order valence-corrected chi connectivity index (χ0v) is 18.8. The lowest BCUT2D eigenvalue weighted by Crippen LogP contribution is -2.50. The quantitative estimate of drug-likeness (QED) is 0.677. The number of nitrogens with two attached hydrogens (primary N) is 1. The number of aryl methyl sites for hydroxylation is 1. The highest BCUT2D eigenvalue weighted by atomic mass is 16.6. The van der Waals surface area contributed by atoms with Crippen LogP contribution in [0.3, 0.4) is 0 Å². The van der Waals surface area contributed by atoms with Crippen molar-refractivity contribution in [2.75, 3.05) is 31.1 Å². The predicted molar refractivity (Wildman–Crippen MR) is 122 cm³/mol. The van der Waals surface area contributed by atoms with Crippen LogP contribution in [0.25, 0.3) is 16.8 Å². The standard InChI is InChI=1S/C23H28N6O3/c1-15-14-25-19-13-18(20(21(24)30)26-29(15)19)16-5-7-17(8-6-16)27-9-11-28(12-10-27)22(31)32-23(2,3)4/h5-8,13-14H,9-12H2,1-4H3,(H2,24,30). The molecule has 4 rings (SSSR count). The molecule has 0 unspecified atom stereocenters. The van der Waals surface area contributed by atoms with Gasteiger partial charge in [0.1, 0.15) is 5.60 Å². The molecule has 9 heteroatoms. The lowest BCUT2D eigenvalue weighted by molar-refractivity contribution is 0.0240. The van der Waals surface area contributed by atoms with Crippen molar-refractivity contribution >= 4 is 23.3 Å². The van der Waals surface area contributed by atoms with Gasteiger partial charge in [-0.15, -0.1) is 0 Å². The molecule has 32 heavy (non-hydrogen) atoms. The maximum atomic E-state index is 12.3. The van der Waals surface area contributed by atoms with Crippen molar-refractivity contribution in [3.8, 4) is 11.1 Å². The fourth-order valence-electron chi connectivity index (χ4n) is 3.76. The molecule has 0 radical (unpaired) electrons. The third-order valence-electron chi connectivity index (χ3n) is 5.37. The third-order valence-corrected chi connectivity index (χ3v) is 5.37. The molecule has 0 saturated carbocycles. The van der Waals surface area contributed by atoms with Gasteiger partial charge in [-0.2, -0.15) is 5.10 Å². The smallest absolute Gasteiger partial charge is 0.410 e. The van der Waals surface area contributed by atoms with Gasteiger partial charge in [-0.25, -0.2) is 14.3 Å². The van der Waals surface area contributed by atoms with Gasteiger partial charge < -0.3 is 20.3 Å². The van der Waals surface area contributed by atoms with E-state index in [2.05, 4.69) is 15.0 Å². The minimum atomic E-state index is -0.586. The van der Waals surface area contributed by atoms with Gasteiger partial charge in [-0.1, -0.05) is 12.1 Å². The number of ether oxygens (including phenoxy) is 1. The predicted octanol–water partition coefficient (Wildman–Crippen LogP) is 2.86. The van der Waals surface area contributed by atoms with Crippen LogP contribution in [-0.2, 0) is 4.74 Å². The normalized spacial score (nSPS) is 14.6. The van der Waals surface area contributed by atoms with Gasteiger partial charge in [0.05, 0.1) is 11.9 Å². The van der Waals surface area contributed by atoms with E-state index in [4.69, 9.17) is 10.5 Å². The van der Waals surface area contributed by atoms with Crippen molar-refractivity contribution in [3.63, 3.8) is 0 Å². The Hall–Kier alpha value is -3.62. The van der Waals surface area contributed by atoms with Gasteiger partial charge in [-0.3, -0.25) is 4.79 Å². The summed E-state index contributed by atoms with van der Waals surface area (Å²) in [6, 6.07) is 9.74. The Balaban J connectivity index is 1.50. The number of amides is 2. The molecule has 0 aliphatic carbocycles. The number of nitrogens with zero attached hydrogens (tertiary/aromatic N) is 5. The van der Waals surface area contributed by atoms with Gasteiger partial charge >= 0.3 is 6.09 Å². The number of hydrogen-bond acceptors (Lipinski definition) is 6. The van der Waals surface area contributed by atoms with Gasteiger partial charge in [0.25, 0.3) is 5.91 Å². The molecular weight excluding hydrogens is 408 g/mol. The average molecular weight is 437 g/mol.